The van der Waals surface area contributed by atoms with E-state index in [2.05, 4.69) is 23.8 Å². The molecule has 0 amide bonds. The standard InChI is InChI=1S/C10H14N2O/c1-7(2)4-9-5-10(8(3)13)12-6-11-9/h5-7H,4H2,1-3H3. The summed E-state index contributed by atoms with van der Waals surface area (Å²) in [5.41, 5.74) is 1.45. The van der Waals surface area contributed by atoms with E-state index in [1.807, 2.05) is 0 Å². The van der Waals surface area contributed by atoms with Gasteiger partial charge in [0.25, 0.3) is 0 Å². The summed E-state index contributed by atoms with van der Waals surface area (Å²) in [6.07, 6.45) is 2.34. The Balaban J connectivity index is 2.85. The van der Waals surface area contributed by atoms with Crippen LogP contribution in [0.5, 0.6) is 0 Å². The lowest BCUT2D eigenvalue weighted by atomic mass is 10.1. The number of hydrogen-bond acceptors (Lipinski definition) is 3. The fourth-order valence-corrected chi connectivity index (χ4v) is 1.12. The number of carbonyl (C=O) groups excluding carboxylic acids is 1. The number of carbonyl (C=O) groups is 1. The van der Waals surface area contributed by atoms with Crippen LogP contribution in [0.2, 0.25) is 0 Å². The molecule has 0 radical (unpaired) electrons. The molecule has 0 fully saturated rings. The van der Waals surface area contributed by atoms with Crippen LogP contribution in [0.3, 0.4) is 0 Å². The van der Waals surface area contributed by atoms with Gasteiger partial charge in [-0.05, 0) is 18.4 Å². The molecule has 3 heteroatoms. The minimum absolute atomic E-state index is 0.00703. The van der Waals surface area contributed by atoms with Crippen molar-refractivity contribution in [2.24, 2.45) is 5.92 Å². The second kappa shape index (κ2) is 4.12. The van der Waals surface area contributed by atoms with Crippen LogP contribution in [0.4, 0.5) is 0 Å². The summed E-state index contributed by atoms with van der Waals surface area (Å²) < 4.78 is 0. The lowest BCUT2D eigenvalue weighted by Gasteiger charge is -2.03. The lowest BCUT2D eigenvalue weighted by Crippen LogP contribution is -2.03. The predicted octanol–water partition coefficient (Wildman–Crippen LogP) is 1.88. The van der Waals surface area contributed by atoms with Crippen LogP contribution < -0.4 is 0 Å². The molecule has 13 heavy (non-hydrogen) atoms. The van der Waals surface area contributed by atoms with Crippen molar-refractivity contribution in [2.75, 3.05) is 0 Å². The summed E-state index contributed by atoms with van der Waals surface area (Å²) in [5.74, 6) is 0.544. The molecule has 0 aliphatic rings. The summed E-state index contributed by atoms with van der Waals surface area (Å²) in [6, 6.07) is 1.77. The highest BCUT2D eigenvalue weighted by Gasteiger charge is 2.04. The molecule has 1 rings (SSSR count). The van der Waals surface area contributed by atoms with Crippen molar-refractivity contribution in [3.8, 4) is 0 Å². The van der Waals surface area contributed by atoms with E-state index >= 15 is 0 Å². The minimum atomic E-state index is -0.00703. The van der Waals surface area contributed by atoms with Crippen molar-refractivity contribution in [2.45, 2.75) is 27.2 Å². The molecule has 0 aromatic carbocycles. The van der Waals surface area contributed by atoms with Crippen molar-refractivity contribution < 1.29 is 4.79 Å². The molecule has 0 saturated carbocycles. The highest BCUT2D eigenvalue weighted by molar-refractivity contribution is 5.92. The number of Topliss-reactive ketones (excluding diaryl/α,β-unsaturated/α-hetero) is 1. The monoisotopic (exact) mass is 178 g/mol. The summed E-state index contributed by atoms with van der Waals surface area (Å²) in [4.78, 5) is 19.0. The molecule has 3 nitrogen and oxygen atoms in total. The van der Waals surface area contributed by atoms with E-state index in [0.717, 1.165) is 12.1 Å². The Morgan fingerprint density at radius 3 is 2.69 bits per heavy atom. The van der Waals surface area contributed by atoms with Crippen LogP contribution >= 0.6 is 0 Å². The number of nitrogens with zero attached hydrogens (tertiary/aromatic N) is 2. The zero-order valence-corrected chi connectivity index (χ0v) is 8.24. The summed E-state index contributed by atoms with van der Waals surface area (Å²) >= 11 is 0. The molecule has 1 aromatic heterocycles. The number of rotatable bonds is 3. The van der Waals surface area contributed by atoms with Crippen molar-refractivity contribution in [1.82, 2.24) is 9.97 Å². The molecule has 0 unspecified atom stereocenters. The van der Waals surface area contributed by atoms with Crippen LogP contribution in [0, 0.1) is 5.92 Å². The van der Waals surface area contributed by atoms with E-state index in [1.54, 1.807) is 6.07 Å². The average molecular weight is 178 g/mol. The first kappa shape index (κ1) is 9.84. The molecule has 0 saturated heterocycles. The Morgan fingerprint density at radius 2 is 2.15 bits per heavy atom. The van der Waals surface area contributed by atoms with Crippen molar-refractivity contribution >= 4 is 5.78 Å². The van der Waals surface area contributed by atoms with Crippen molar-refractivity contribution in [3.63, 3.8) is 0 Å². The zero-order chi connectivity index (χ0) is 9.84. The molecule has 0 aliphatic heterocycles. The van der Waals surface area contributed by atoms with Crippen LogP contribution in [-0.2, 0) is 6.42 Å². The molecular formula is C10H14N2O. The molecule has 0 spiro atoms. The third kappa shape index (κ3) is 2.93. The largest absolute Gasteiger partial charge is 0.293 e. The third-order valence-corrected chi connectivity index (χ3v) is 1.70. The molecule has 0 bridgehead atoms. The fourth-order valence-electron chi connectivity index (χ4n) is 1.12. The van der Waals surface area contributed by atoms with Gasteiger partial charge in [0.15, 0.2) is 5.78 Å². The lowest BCUT2D eigenvalue weighted by molar-refractivity contribution is 0.101. The SMILES string of the molecule is CC(=O)c1cc(CC(C)C)ncn1. The van der Waals surface area contributed by atoms with E-state index in [0.29, 0.717) is 11.6 Å². The fraction of sp³-hybridized carbons (Fsp3) is 0.500. The number of aromatic nitrogens is 2. The number of hydrogen-bond donors (Lipinski definition) is 0. The molecular weight excluding hydrogens is 164 g/mol. The van der Waals surface area contributed by atoms with Gasteiger partial charge in [0.1, 0.15) is 12.0 Å². The Kier molecular flexibility index (Phi) is 3.12. The normalized spacial score (nSPS) is 10.5. The van der Waals surface area contributed by atoms with Gasteiger partial charge in [-0.3, -0.25) is 4.79 Å². The van der Waals surface area contributed by atoms with Crippen LogP contribution in [0.25, 0.3) is 0 Å². The summed E-state index contributed by atoms with van der Waals surface area (Å²) in [5, 5.41) is 0. The maximum atomic E-state index is 11.0. The second-order valence-electron chi connectivity index (χ2n) is 3.55. The van der Waals surface area contributed by atoms with Gasteiger partial charge < -0.3 is 0 Å². The van der Waals surface area contributed by atoms with Crippen molar-refractivity contribution in [3.05, 3.63) is 23.8 Å². The third-order valence-electron chi connectivity index (χ3n) is 1.70. The topological polar surface area (TPSA) is 42.9 Å². The summed E-state index contributed by atoms with van der Waals surface area (Å²) in [6.45, 7) is 5.76. The Labute approximate surface area is 78.2 Å². The van der Waals surface area contributed by atoms with Gasteiger partial charge in [-0.15, -0.1) is 0 Å². The van der Waals surface area contributed by atoms with Crippen LogP contribution in [0.1, 0.15) is 37.0 Å². The van der Waals surface area contributed by atoms with Crippen LogP contribution in [-0.4, -0.2) is 15.8 Å². The first-order valence-electron chi connectivity index (χ1n) is 4.41. The van der Waals surface area contributed by atoms with Gasteiger partial charge in [-0.1, -0.05) is 13.8 Å². The van der Waals surface area contributed by atoms with Gasteiger partial charge in [0, 0.05) is 12.6 Å². The highest BCUT2D eigenvalue weighted by atomic mass is 16.1. The Hall–Kier alpha value is -1.25. The highest BCUT2D eigenvalue weighted by Crippen LogP contribution is 2.05. The van der Waals surface area contributed by atoms with Gasteiger partial charge in [-0.2, -0.15) is 0 Å². The van der Waals surface area contributed by atoms with Crippen molar-refractivity contribution in [1.29, 1.82) is 0 Å². The average Bonchev–Trinajstić information content (AvgIpc) is 2.03. The quantitative estimate of drug-likeness (QED) is 0.664. The van der Waals surface area contributed by atoms with Gasteiger partial charge in [0.2, 0.25) is 0 Å². The second-order valence-corrected chi connectivity index (χ2v) is 3.55. The first-order valence-corrected chi connectivity index (χ1v) is 4.41. The van der Waals surface area contributed by atoms with Crippen LogP contribution in [0.15, 0.2) is 12.4 Å². The Bertz CT molecular complexity index is 308. The smallest absolute Gasteiger partial charge is 0.178 e. The maximum Gasteiger partial charge on any atom is 0.178 e. The predicted molar refractivity (Wildman–Crippen MR) is 50.6 cm³/mol. The first-order chi connectivity index (χ1) is 6.09. The molecule has 0 aliphatic carbocycles. The molecule has 0 N–H and O–H groups in total. The Morgan fingerprint density at radius 1 is 1.46 bits per heavy atom. The molecule has 1 aromatic rings. The van der Waals surface area contributed by atoms with E-state index in [1.165, 1.54) is 13.3 Å². The van der Waals surface area contributed by atoms with E-state index in [4.69, 9.17) is 0 Å². The van der Waals surface area contributed by atoms with E-state index in [9.17, 15) is 4.79 Å². The number of ketones is 1. The van der Waals surface area contributed by atoms with E-state index in [-0.39, 0.29) is 5.78 Å². The van der Waals surface area contributed by atoms with Gasteiger partial charge in [0.05, 0.1) is 0 Å². The minimum Gasteiger partial charge on any atom is -0.293 e. The van der Waals surface area contributed by atoms with E-state index < -0.39 is 0 Å². The molecule has 70 valence electrons. The maximum absolute atomic E-state index is 11.0. The molecule has 0 atom stereocenters. The summed E-state index contributed by atoms with van der Waals surface area (Å²) in [7, 11) is 0. The van der Waals surface area contributed by atoms with Gasteiger partial charge in [-0.25, -0.2) is 9.97 Å². The zero-order valence-electron chi connectivity index (χ0n) is 8.24. The molecule has 1 heterocycles. The van der Waals surface area contributed by atoms with Gasteiger partial charge >= 0.3 is 0 Å².